The van der Waals surface area contributed by atoms with Gasteiger partial charge in [0.2, 0.25) is 5.91 Å². The minimum Gasteiger partial charge on any atom is -0.375 e. The Morgan fingerprint density at radius 3 is 2.84 bits per heavy atom. The highest BCUT2D eigenvalue weighted by molar-refractivity contribution is 5.78. The standard InChI is InChI=1S/C12H19F3N2O2/c1-16(8-12(13,14)15)11(18)7-17-5-6-19-10-4-2-3-9(10)17/h9-10H,2-8H2,1H3/t9-,10+/m0/s1. The maximum Gasteiger partial charge on any atom is 0.406 e. The van der Waals surface area contributed by atoms with Crippen LogP contribution in [-0.4, -0.2) is 67.3 Å². The SMILES string of the molecule is CN(CC(F)(F)F)C(=O)CN1CCO[C@@H]2CCC[C@@H]21. The van der Waals surface area contributed by atoms with Gasteiger partial charge in [-0.05, 0) is 19.3 Å². The predicted octanol–water partition coefficient (Wildman–Crippen LogP) is 1.26. The van der Waals surface area contributed by atoms with Gasteiger partial charge < -0.3 is 9.64 Å². The Balaban J connectivity index is 1.87. The zero-order valence-corrected chi connectivity index (χ0v) is 10.9. The molecule has 0 aromatic rings. The number of amides is 1. The Kier molecular flexibility index (Phi) is 4.35. The molecule has 0 unspecified atom stereocenters. The normalized spacial score (nSPS) is 28.2. The summed E-state index contributed by atoms with van der Waals surface area (Å²) in [5, 5.41) is 0. The molecule has 0 bridgehead atoms. The lowest BCUT2D eigenvalue weighted by atomic mass is 10.1. The van der Waals surface area contributed by atoms with Gasteiger partial charge in [-0.3, -0.25) is 9.69 Å². The third kappa shape index (κ3) is 3.82. The van der Waals surface area contributed by atoms with E-state index in [-0.39, 0.29) is 18.7 Å². The maximum atomic E-state index is 12.2. The fraction of sp³-hybridized carbons (Fsp3) is 0.917. The molecule has 1 saturated carbocycles. The number of alkyl halides is 3. The van der Waals surface area contributed by atoms with Crippen molar-refractivity contribution in [2.75, 3.05) is 33.3 Å². The van der Waals surface area contributed by atoms with Crippen LogP contribution >= 0.6 is 0 Å². The molecule has 2 atom stereocenters. The summed E-state index contributed by atoms with van der Waals surface area (Å²) < 4.78 is 42.3. The summed E-state index contributed by atoms with van der Waals surface area (Å²) in [7, 11) is 1.20. The summed E-state index contributed by atoms with van der Waals surface area (Å²) in [4.78, 5) is 14.5. The van der Waals surface area contributed by atoms with E-state index >= 15 is 0 Å². The monoisotopic (exact) mass is 280 g/mol. The summed E-state index contributed by atoms with van der Waals surface area (Å²) in [5.74, 6) is -0.482. The molecule has 2 aliphatic rings. The molecule has 0 N–H and O–H groups in total. The minimum absolute atomic E-state index is 0.0527. The first kappa shape index (κ1) is 14.6. The van der Waals surface area contributed by atoms with E-state index in [0.717, 1.165) is 24.2 Å². The molecule has 2 rings (SSSR count). The fourth-order valence-corrected chi connectivity index (χ4v) is 2.85. The number of fused-ring (bicyclic) bond motifs is 1. The molecule has 4 nitrogen and oxygen atoms in total. The van der Waals surface area contributed by atoms with Gasteiger partial charge in [0.25, 0.3) is 0 Å². The lowest BCUT2D eigenvalue weighted by molar-refractivity contribution is -0.160. The number of likely N-dealkylation sites (N-methyl/N-ethyl adjacent to an activating group) is 1. The van der Waals surface area contributed by atoms with Crippen LogP contribution in [0.25, 0.3) is 0 Å². The highest BCUT2D eigenvalue weighted by Crippen LogP contribution is 2.29. The number of hydrogen-bond donors (Lipinski definition) is 0. The van der Waals surface area contributed by atoms with Crippen LogP contribution < -0.4 is 0 Å². The number of hydrogen-bond acceptors (Lipinski definition) is 3. The van der Waals surface area contributed by atoms with Crippen molar-refractivity contribution < 1.29 is 22.7 Å². The van der Waals surface area contributed by atoms with Crippen molar-refractivity contribution in [3.63, 3.8) is 0 Å². The van der Waals surface area contributed by atoms with E-state index in [9.17, 15) is 18.0 Å². The zero-order chi connectivity index (χ0) is 14.0. The van der Waals surface area contributed by atoms with Gasteiger partial charge >= 0.3 is 6.18 Å². The van der Waals surface area contributed by atoms with E-state index in [1.165, 1.54) is 7.05 Å². The number of rotatable bonds is 3. The second-order valence-electron chi connectivity index (χ2n) is 5.24. The lowest BCUT2D eigenvalue weighted by Gasteiger charge is -2.37. The van der Waals surface area contributed by atoms with Gasteiger partial charge in [0.05, 0.1) is 19.3 Å². The number of carbonyl (C=O) groups is 1. The molecule has 1 heterocycles. The number of ether oxygens (including phenoxy) is 1. The molecule has 19 heavy (non-hydrogen) atoms. The van der Waals surface area contributed by atoms with Crippen LogP contribution in [0.15, 0.2) is 0 Å². The van der Waals surface area contributed by atoms with E-state index < -0.39 is 18.6 Å². The van der Waals surface area contributed by atoms with Crippen molar-refractivity contribution in [3.8, 4) is 0 Å². The summed E-state index contributed by atoms with van der Waals surface area (Å²) in [6, 6.07) is 0.192. The van der Waals surface area contributed by atoms with Crippen molar-refractivity contribution in [3.05, 3.63) is 0 Å². The quantitative estimate of drug-likeness (QED) is 0.780. The smallest absolute Gasteiger partial charge is 0.375 e. The zero-order valence-electron chi connectivity index (χ0n) is 10.9. The Bertz CT molecular complexity index is 335. The van der Waals surface area contributed by atoms with Gasteiger partial charge in [0.15, 0.2) is 0 Å². The summed E-state index contributed by atoms with van der Waals surface area (Å²) in [6.07, 6.45) is -1.20. The Morgan fingerprint density at radius 1 is 1.42 bits per heavy atom. The lowest BCUT2D eigenvalue weighted by Crippen LogP contribution is -2.52. The molecule has 0 aromatic heterocycles. The predicted molar refractivity (Wildman–Crippen MR) is 62.6 cm³/mol. The summed E-state index contributed by atoms with van der Waals surface area (Å²) in [5.41, 5.74) is 0. The average Bonchev–Trinajstić information content (AvgIpc) is 2.75. The van der Waals surface area contributed by atoms with Crippen LogP contribution in [0, 0.1) is 0 Å². The first-order valence-electron chi connectivity index (χ1n) is 6.53. The molecule has 7 heteroatoms. The number of morpholine rings is 1. The van der Waals surface area contributed by atoms with Crippen LogP contribution in [0.2, 0.25) is 0 Å². The highest BCUT2D eigenvalue weighted by atomic mass is 19.4. The van der Waals surface area contributed by atoms with Gasteiger partial charge in [-0.1, -0.05) is 0 Å². The van der Waals surface area contributed by atoms with E-state index in [2.05, 4.69) is 0 Å². The van der Waals surface area contributed by atoms with Crippen LogP contribution in [0.1, 0.15) is 19.3 Å². The largest absolute Gasteiger partial charge is 0.406 e. The second-order valence-corrected chi connectivity index (χ2v) is 5.24. The van der Waals surface area contributed by atoms with E-state index in [0.29, 0.717) is 13.2 Å². The van der Waals surface area contributed by atoms with Gasteiger partial charge in [-0.15, -0.1) is 0 Å². The molecule has 0 radical (unpaired) electrons. The first-order chi connectivity index (χ1) is 8.87. The molecule has 1 aliphatic carbocycles. The highest BCUT2D eigenvalue weighted by Gasteiger charge is 2.38. The third-order valence-electron chi connectivity index (χ3n) is 3.78. The van der Waals surface area contributed by atoms with Crippen LogP contribution in [-0.2, 0) is 9.53 Å². The summed E-state index contributed by atoms with van der Waals surface area (Å²) in [6.45, 7) is 0.0333. The van der Waals surface area contributed by atoms with Crippen molar-refractivity contribution >= 4 is 5.91 Å². The van der Waals surface area contributed by atoms with Gasteiger partial charge in [-0.2, -0.15) is 13.2 Å². The van der Waals surface area contributed by atoms with Crippen LogP contribution in [0.3, 0.4) is 0 Å². The Labute approximate surface area is 110 Å². The number of carbonyl (C=O) groups excluding carboxylic acids is 1. The van der Waals surface area contributed by atoms with Crippen molar-refractivity contribution in [1.82, 2.24) is 9.80 Å². The van der Waals surface area contributed by atoms with Crippen molar-refractivity contribution in [1.29, 1.82) is 0 Å². The molecule has 0 spiro atoms. The van der Waals surface area contributed by atoms with E-state index in [4.69, 9.17) is 4.74 Å². The molecular weight excluding hydrogens is 261 g/mol. The minimum atomic E-state index is -4.34. The molecule has 1 aliphatic heterocycles. The first-order valence-corrected chi connectivity index (χ1v) is 6.53. The molecule has 2 fully saturated rings. The van der Waals surface area contributed by atoms with Crippen molar-refractivity contribution in [2.24, 2.45) is 0 Å². The topological polar surface area (TPSA) is 32.8 Å². The Hall–Kier alpha value is -0.820. The molecule has 0 aromatic carbocycles. The average molecular weight is 280 g/mol. The van der Waals surface area contributed by atoms with E-state index in [1.54, 1.807) is 0 Å². The molecule has 110 valence electrons. The second kappa shape index (κ2) is 5.66. The molecule has 1 saturated heterocycles. The third-order valence-corrected chi connectivity index (χ3v) is 3.78. The Morgan fingerprint density at radius 2 is 2.16 bits per heavy atom. The van der Waals surface area contributed by atoms with Crippen LogP contribution in [0.5, 0.6) is 0 Å². The summed E-state index contributed by atoms with van der Waals surface area (Å²) >= 11 is 0. The number of nitrogens with zero attached hydrogens (tertiary/aromatic N) is 2. The van der Waals surface area contributed by atoms with Gasteiger partial charge in [0, 0.05) is 19.6 Å². The number of halogens is 3. The molecular formula is C12H19F3N2O2. The van der Waals surface area contributed by atoms with Gasteiger partial charge in [-0.25, -0.2) is 0 Å². The maximum absolute atomic E-state index is 12.2. The van der Waals surface area contributed by atoms with Crippen molar-refractivity contribution in [2.45, 2.75) is 37.6 Å². The van der Waals surface area contributed by atoms with Gasteiger partial charge in [0.1, 0.15) is 6.54 Å². The fourth-order valence-electron chi connectivity index (χ4n) is 2.85. The van der Waals surface area contributed by atoms with Crippen LogP contribution in [0.4, 0.5) is 13.2 Å². The van der Waals surface area contributed by atoms with E-state index in [1.807, 2.05) is 4.90 Å². The molecule has 1 amide bonds.